The molecule has 32 nitrogen and oxygen atoms in total. The molecule has 6 N–H and O–H groups in total. The molecule has 0 radical (unpaired) electrons. The quantitative estimate of drug-likeness (QED) is 0.0153. The van der Waals surface area contributed by atoms with Crippen LogP contribution in [0.2, 0.25) is 0 Å². The van der Waals surface area contributed by atoms with Gasteiger partial charge in [0.1, 0.15) is 48.6 Å². The van der Waals surface area contributed by atoms with E-state index in [1.54, 1.807) is 52.2 Å². The zero-order chi connectivity index (χ0) is 92.6. The predicted octanol–water partition coefficient (Wildman–Crippen LogP) is 9.84. The third kappa shape index (κ3) is 34.0. The highest BCUT2D eigenvalue weighted by molar-refractivity contribution is 7.91. The number of aliphatic hydroxyl groups excluding tert-OH is 1. The van der Waals surface area contributed by atoms with Crippen molar-refractivity contribution in [3.05, 3.63) is 119 Å². The molecular weight excluding hydrogens is 1670 g/mol. The number of aromatic nitrogens is 1. The number of aryl methyl sites for hydroxylation is 1. The highest BCUT2D eigenvalue weighted by Crippen LogP contribution is 2.40. The number of alkyl carbamates (subject to hydrolysis) is 1. The van der Waals surface area contributed by atoms with Crippen molar-refractivity contribution < 1.29 is 123 Å². The molecule has 2 aromatic carbocycles. The lowest BCUT2D eigenvalue weighted by Gasteiger charge is -2.42. The second-order valence-electron chi connectivity index (χ2n) is 34.2. The van der Waals surface area contributed by atoms with E-state index in [2.05, 4.69) is 15.6 Å². The molecule has 1 aliphatic carbocycles. The third-order valence-electron chi connectivity index (χ3n) is 24.3. The molecule has 0 unspecified atom stereocenters. The first-order valence-electron chi connectivity index (χ1n) is 45.4. The maximum Gasteiger partial charge on any atom is 0.407 e. The maximum atomic E-state index is 14.8. The van der Waals surface area contributed by atoms with E-state index in [0.717, 1.165) is 22.3 Å². The number of methoxy groups -OCH3 is 3. The van der Waals surface area contributed by atoms with Gasteiger partial charge in [0.2, 0.25) is 11.7 Å². The molecule has 128 heavy (non-hydrogen) atoms. The number of carbonyl (C=O) groups is 7. The minimum Gasteiger partial charge on any atom is -0.491 e. The van der Waals surface area contributed by atoms with E-state index in [9.17, 15) is 52.2 Å². The van der Waals surface area contributed by atoms with Crippen molar-refractivity contribution in [1.82, 2.24) is 25.4 Å². The summed E-state index contributed by atoms with van der Waals surface area (Å²) < 4.78 is 113. The first kappa shape index (κ1) is 105. The number of piperidine rings is 1. The van der Waals surface area contributed by atoms with Crippen LogP contribution in [0.4, 0.5) is 10.6 Å². The number of nitrogens with two attached hydrogens (primary N) is 1. The molecule has 4 amide bonds. The number of sulfone groups is 1. The number of fused-ring (bicyclic) bond motifs is 4. The van der Waals surface area contributed by atoms with Crippen LogP contribution in [0, 0.1) is 42.4 Å². The minimum absolute atomic E-state index is 0.0256. The topological polar surface area (TPSA) is 402 Å². The van der Waals surface area contributed by atoms with Crippen LogP contribution in [-0.2, 0) is 107 Å². The summed E-state index contributed by atoms with van der Waals surface area (Å²) in [6, 6.07) is 12.7. The lowest BCUT2D eigenvalue weighted by atomic mass is 9.78. The Morgan fingerprint density at radius 2 is 1.32 bits per heavy atom. The zero-order valence-corrected chi connectivity index (χ0v) is 77.7. The highest BCUT2D eigenvalue weighted by atomic mass is 32.2. The van der Waals surface area contributed by atoms with Crippen LogP contribution in [0.5, 0.6) is 5.75 Å². The number of cyclic esters (lactones) is 1. The lowest BCUT2D eigenvalue weighted by Crippen LogP contribution is -2.61. The molecule has 714 valence electrons. The summed E-state index contributed by atoms with van der Waals surface area (Å²) in [6.07, 6.45) is 14.2. The van der Waals surface area contributed by atoms with Crippen molar-refractivity contribution in [3.63, 3.8) is 0 Å². The van der Waals surface area contributed by atoms with Crippen molar-refractivity contribution in [1.29, 1.82) is 0 Å². The van der Waals surface area contributed by atoms with Gasteiger partial charge in [-0.2, -0.15) is 0 Å². The Kier molecular flexibility index (Phi) is 45.6. The van der Waals surface area contributed by atoms with Gasteiger partial charge in [-0.25, -0.2) is 23.0 Å². The molecule has 8 rings (SSSR count). The fourth-order valence-corrected chi connectivity index (χ4v) is 18.0. The number of anilines is 1. The van der Waals surface area contributed by atoms with Crippen molar-refractivity contribution in [2.45, 2.75) is 211 Å². The van der Waals surface area contributed by atoms with Gasteiger partial charge in [0, 0.05) is 95.1 Å². The molecular formula is C95H142N6O26S. The molecule has 15 atom stereocenters. The molecule has 3 fully saturated rings. The molecule has 5 aliphatic rings. The smallest absolute Gasteiger partial charge is 0.407 e. The van der Waals surface area contributed by atoms with Crippen molar-refractivity contribution in [3.8, 4) is 16.9 Å². The highest BCUT2D eigenvalue weighted by Gasteiger charge is 2.53. The van der Waals surface area contributed by atoms with Gasteiger partial charge in [-0.3, -0.25) is 24.0 Å². The summed E-state index contributed by atoms with van der Waals surface area (Å²) >= 11 is 0. The van der Waals surface area contributed by atoms with Crippen LogP contribution >= 0.6 is 0 Å². The number of rotatable bonds is 40. The minimum atomic E-state index is -3.78. The van der Waals surface area contributed by atoms with Gasteiger partial charge in [0.25, 0.3) is 17.6 Å². The molecule has 0 spiro atoms. The molecule has 2 bridgehead atoms. The number of Topliss-reactive ketones (excluding diaryl/α,β-unsaturated/α-hetero) is 2. The second-order valence-corrected chi connectivity index (χ2v) is 36.3. The van der Waals surface area contributed by atoms with Gasteiger partial charge >= 0.3 is 12.1 Å². The van der Waals surface area contributed by atoms with Crippen LogP contribution in [0.1, 0.15) is 160 Å². The Hall–Kier alpha value is -7.97. The van der Waals surface area contributed by atoms with Crippen LogP contribution in [0.15, 0.2) is 107 Å². The van der Waals surface area contributed by atoms with Gasteiger partial charge in [-0.15, -0.1) is 0 Å². The Labute approximate surface area is 755 Å². The number of ether oxygens (including phenoxy) is 15. The van der Waals surface area contributed by atoms with Gasteiger partial charge < -0.3 is 107 Å². The number of nitrogens with one attached hydrogen (secondary N) is 2. The van der Waals surface area contributed by atoms with Crippen molar-refractivity contribution >= 4 is 57.0 Å². The monoisotopic (exact) mass is 1810 g/mol. The SMILES string of the molecule is CO[C@H]1C[C@@H]2CC[C@@H](C)[C@@](O)(O2)C(=O)C(=O)N2CCCC[C@H]2C(=O)O[C@H]([C@H](C)C[C@@H]2CC[C@@H](OC(=O)NCCOCCOCCOCCOCCOCCOCCOCCOCCC(=O)NCCS(=O)(=O)c3ccc(C(=O)N4CCOc5ccc(-c6ccc(N)nc6)cc5C4)c(C)c3)[C@H](OC)C2)CC[C@H](C)/C=C(\C)[C@@H](O)[C@@H](OC)C(=O)[C@H](C)C[C@H](C)/C=C/C=CC=C1C. The molecule has 3 aromatic rings. The zero-order valence-electron chi connectivity index (χ0n) is 76.9. The van der Waals surface area contributed by atoms with Crippen molar-refractivity contribution in [2.75, 3.05) is 171 Å². The van der Waals surface area contributed by atoms with Crippen LogP contribution in [0.25, 0.3) is 11.1 Å². The fourth-order valence-electron chi connectivity index (χ4n) is 16.7. The number of pyridine rings is 1. The molecule has 2 saturated heterocycles. The fraction of sp³-hybridized carbons (Fsp3) is 0.663. The number of nitrogens with zero attached hydrogens (tertiary/aromatic N) is 3. The Balaban J connectivity index is 0.637. The second kappa shape index (κ2) is 55.4. The van der Waals surface area contributed by atoms with Gasteiger partial charge in [0.15, 0.2) is 15.6 Å². The number of ketones is 2. The predicted molar refractivity (Wildman–Crippen MR) is 479 cm³/mol. The van der Waals surface area contributed by atoms with Gasteiger partial charge in [-0.1, -0.05) is 77.1 Å². The molecule has 5 heterocycles. The summed E-state index contributed by atoms with van der Waals surface area (Å²) in [7, 11) is 0.815. The van der Waals surface area contributed by atoms with E-state index in [1.807, 2.05) is 95.3 Å². The largest absolute Gasteiger partial charge is 0.491 e. The summed E-state index contributed by atoms with van der Waals surface area (Å²) in [6.45, 7) is 21.4. The van der Waals surface area contributed by atoms with Crippen LogP contribution in [0.3, 0.4) is 0 Å². The van der Waals surface area contributed by atoms with E-state index >= 15 is 0 Å². The summed E-state index contributed by atoms with van der Waals surface area (Å²) in [5.41, 5.74) is 10.7. The molecule has 1 saturated carbocycles. The molecule has 33 heteroatoms. The van der Waals surface area contributed by atoms with Crippen LogP contribution < -0.4 is 21.1 Å². The average molecular weight is 1820 g/mol. The number of nitrogen functional groups attached to an aromatic ring is 1. The molecule has 4 aliphatic heterocycles. The lowest BCUT2D eigenvalue weighted by molar-refractivity contribution is -0.265. The Morgan fingerprint density at radius 3 is 1.95 bits per heavy atom. The first-order chi connectivity index (χ1) is 61.5. The Bertz CT molecular complexity index is 4210. The number of carbonyl (C=O) groups excluding carboxylic acids is 7. The van der Waals surface area contributed by atoms with E-state index in [-0.39, 0.29) is 104 Å². The van der Waals surface area contributed by atoms with Crippen molar-refractivity contribution in [2.24, 2.45) is 35.5 Å². The van der Waals surface area contributed by atoms with Gasteiger partial charge in [0.05, 0.1) is 141 Å². The van der Waals surface area contributed by atoms with Crippen LogP contribution in [-0.4, -0.2) is 295 Å². The first-order valence-corrected chi connectivity index (χ1v) is 47.1. The number of amides is 4. The number of hydrogen-bond acceptors (Lipinski definition) is 28. The standard InChI is InChI=1S/C95H142N6O26S/c1-64-17-13-12-14-18-66(3)83(113-9)61-76-25-21-71(8)95(110,127-76)90(105)92(107)101-35-16-15-19-79(101)93(108)125-80(28-20-65(2)56-70(7)88(104)89(115-11)87(103)69(6)55-64)68(5)57-72-22-29-82(84(59-72)114-10)126-94(109)98-33-38-117-41-43-119-45-47-121-49-51-123-53-52-122-50-48-120-46-44-118-42-40-116-37-32-86(102)97-34-54-128(111,112)77-26-27-78(67(4)58-77)91(106)100-36-39-124-81-30-23-73(60-75(81)63-100)74-24-31-85(96)99-62-74/h12-14,17-18,23-24,26-27,30-31,56,58,60,62,64-65,68-69,71-72,76,79-80,82-84,88-89,104,110H,15-16,19-22,25,28-29,32-55,57,59,61,63H2,1-11H3,(H2,96,99)(H,97,102)(H,98,109)/b14-12?,17-13+,66-18?,70-56+/t64-,65+,68-,69-,71-,72+,76+,79+,80+,82-,83+,84-,88-,89+,95-/m1/s1. The van der Waals surface area contributed by atoms with E-state index in [0.29, 0.717) is 211 Å². The van der Waals surface area contributed by atoms with E-state index in [4.69, 9.17) is 76.8 Å². The number of aliphatic hydroxyl groups is 2. The molecule has 1 aromatic heterocycles. The summed E-state index contributed by atoms with van der Waals surface area (Å²) in [5, 5.41) is 29.2. The average Bonchev–Trinajstić information content (AvgIpc) is 0.813. The number of esters is 1. The Morgan fingerprint density at radius 1 is 0.664 bits per heavy atom. The van der Waals surface area contributed by atoms with Gasteiger partial charge in [-0.05, 0) is 186 Å². The van der Waals surface area contributed by atoms with E-state index < -0.39 is 100.0 Å². The van der Waals surface area contributed by atoms with E-state index in [1.165, 1.54) is 30.2 Å². The third-order valence-corrected chi connectivity index (χ3v) is 26.0. The maximum absolute atomic E-state index is 14.8. The summed E-state index contributed by atoms with van der Waals surface area (Å²) in [5.74, 6) is -6.62. The number of allylic oxidation sites excluding steroid dienone is 6. The summed E-state index contributed by atoms with van der Waals surface area (Å²) in [4.78, 5) is 104. The number of benzene rings is 2. The normalized spacial score (nSPS) is 26.2. The number of hydrogen-bond donors (Lipinski definition) is 5.